The van der Waals surface area contributed by atoms with Gasteiger partial charge < -0.3 is 23.7 Å². The van der Waals surface area contributed by atoms with E-state index in [4.69, 9.17) is 35.3 Å². The van der Waals surface area contributed by atoms with Gasteiger partial charge in [0.15, 0.2) is 27.8 Å². The van der Waals surface area contributed by atoms with Crippen molar-refractivity contribution in [2.45, 2.75) is 53.7 Å². The number of methoxy groups -OCH3 is 1. The molecule has 0 amide bonds. The number of ether oxygens (including phenoxy) is 5. The molecule has 4 rings (SSSR count). The summed E-state index contributed by atoms with van der Waals surface area (Å²) in [5.74, 6) is 1.43. The number of esters is 1. The van der Waals surface area contributed by atoms with Gasteiger partial charge in [-0.05, 0) is 83.0 Å². The highest BCUT2D eigenvalue weighted by molar-refractivity contribution is 7.07. The van der Waals surface area contributed by atoms with Crippen LogP contribution in [0.2, 0.25) is 5.02 Å². The maximum Gasteiger partial charge on any atom is 0.338 e. The van der Waals surface area contributed by atoms with Crippen LogP contribution >= 0.6 is 22.9 Å². The third-order valence-electron chi connectivity index (χ3n) is 6.30. The Balaban J connectivity index is 1.93. The van der Waals surface area contributed by atoms with Crippen molar-refractivity contribution in [3.05, 3.63) is 77.4 Å². The molecular weight excluding hydrogens is 580 g/mol. The van der Waals surface area contributed by atoms with E-state index in [0.29, 0.717) is 67.4 Å². The number of benzene rings is 2. The predicted octanol–water partition coefficient (Wildman–Crippen LogP) is 5.04. The van der Waals surface area contributed by atoms with E-state index in [2.05, 4.69) is 4.99 Å². The number of halogens is 1. The molecule has 0 bridgehead atoms. The number of rotatable bonds is 11. The maximum absolute atomic E-state index is 14.0. The molecular formula is C31H35ClN2O7S. The van der Waals surface area contributed by atoms with Crippen LogP contribution in [0, 0.1) is 0 Å². The van der Waals surface area contributed by atoms with Gasteiger partial charge in [-0.1, -0.05) is 29.0 Å². The van der Waals surface area contributed by atoms with Crippen LogP contribution in [0.1, 0.15) is 58.7 Å². The molecule has 0 N–H and O–H groups in total. The van der Waals surface area contributed by atoms with Gasteiger partial charge in [0.1, 0.15) is 0 Å². The molecule has 11 heteroatoms. The normalized spacial score (nSPS) is 14.9. The molecule has 1 aliphatic rings. The van der Waals surface area contributed by atoms with Crippen LogP contribution in [0.4, 0.5) is 0 Å². The van der Waals surface area contributed by atoms with E-state index in [1.807, 2.05) is 33.8 Å². The Morgan fingerprint density at radius 3 is 2.45 bits per heavy atom. The number of thiazole rings is 1. The Morgan fingerprint density at radius 2 is 1.81 bits per heavy atom. The summed E-state index contributed by atoms with van der Waals surface area (Å²) in [6.45, 7) is 12.1. The quantitative estimate of drug-likeness (QED) is 0.279. The van der Waals surface area contributed by atoms with Crippen molar-refractivity contribution in [3.8, 4) is 23.0 Å². The van der Waals surface area contributed by atoms with Crippen molar-refractivity contribution in [2.75, 3.05) is 26.9 Å². The molecule has 0 aliphatic carbocycles. The fraction of sp³-hybridized carbons (Fsp3) is 0.387. The number of fused-ring (bicyclic) bond motifs is 1. The number of carbonyl (C=O) groups excluding carboxylic acids is 1. The molecule has 3 aromatic rings. The lowest BCUT2D eigenvalue weighted by molar-refractivity contribution is -0.139. The van der Waals surface area contributed by atoms with Crippen molar-refractivity contribution >= 4 is 35.0 Å². The van der Waals surface area contributed by atoms with Crippen molar-refractivity contribution in [2.24, 2.45) is 4.99 Å². The molecule has 9 nitrogen and oxygen atoms in total. The first kappa shape index (κ1) is 31.2. The van der Waals surface area contributed by atoms with Crippen LogP contribution in [0.5, 0.6) is 23.0 Å². The molecule has 0 saturated carbocycles. The van der Waals surface area contributed by atoms with Gasteiger partial charge in [0, 0.05) is 0 Å². The summed E-state index contributed by atoms with van der Waals surface area (Å²) < 4.78 is 30.3. The zero-order chi connectivity index (χ0) is 30.6. The van der Waals surface area contributed by atoms with Gasteiger partial charge in [-0.25, -0.2) is 9.79 Å². The third-order valence-corrected chi connectivity index (χ3v) is 7.56. The lowest BCUT2D eigenvalue weighted by atomic mass is 9.95. The maximum atomic E-state index is 14.0. The van der Waals surface area contributed by atoms with Crippen molar-refractivity contribution < 1.29 is 28.5 Å². The number of hydrogen-bond donors (Lipinski definition) is 0. The second-order valence-corrected chi connectivity index (χ2v) is 11.0. The Morgan fingerprint density at radius 1 is 1.07 bits per heavy atom. The Bertz CT molecular complexity index is 1690. The van der Waals surface area contributed by atoms with E-state index in [-0.39, 0.29) is 23.8 Å². The molecule has 1 aromatic heterocycles. The average molecular weight is 615 g/mol. The summed E-state index contributed by atoms with van der Waals surface area (Å²) >= 11 is 7.75. The van der Waals surface area contributed by atoms with E-state index in [0.717, 1.165) is 0 Å². The molecule has 224 valence electrons. The van der Waals surface area contributed by atoms with Gasteiger partial charge in [-0.2, -0.15) is 0 Å². The number of allylic oxidation sites excluding steroid dienone is 1. The van der Waals surface area contributed by atoms with E-state index in [1.165, 1.54) is 15.9 Å². The van der Waals surface area contributed by atoms with Crippen molar-refractivity contribution in [1.82, 2.24) is 4.57 Å². The summed E-state index contributed by atoms with van der Waals surface area (Å²) in [4.78, 5) is 32.4. The van der Waals surface area contributed by atoms with Gasteiger partial charge in [-0.3, -0.25) is 9.36 Å². The molecule has 0 saturated heterocycles. The SMILES string of the molecule is CCOC(=O)C1=C(C)N=c2s/c(=C\c3cc(Cl)c(OCC)c(OCC)c3)c(=O)n2[C@H]1c1ccc(OC(C)C)c(OC)c1. The standard InChI is InChI=1S/C31H35ClN2O7S/c1-8-38-24-14-19(13-21(32)28(24)39-9-2)15-25-29(35)34-27(20-11-12-22(41-17(4)5)23(16-20)37-7)26(30(36)40-10-3)18(6)33-31(34)42-25/h11-17,27H,8-10H2,1-7H3/b25-15-/t27-/m0/s1. The highest BCUT2D eigenvalue weighted by Crippen LogP contribution is 2.38. The minimum Gasteiger partial charge on any atom is -0.493 e. The number of nitrogens with zero attached hydrogens (tertiary/aromatic N) is 2. The number of aromatic nitrogens is 1. The molecule has 0 unspecified atom stereocenters. The first-order valence-electron chi connectivity index (χ1n) is 13.8. The fourth-order valence-electron chi connectivity index (χ4n) is 4.68. The topological polar surface area (TPSA) is 97.6 Å². The van der Waals surface area contributed by atoms with Crippen LogP contribution in [0.15, 0.2) is 51.4 Å². The first-order valence-corrected chi connectivity index (χ1v) is 15.0. The first-order chi connectivity index (χ1) is 20.1. The molecule has 0 radical (unpaired) electrons. The molecule has 1 aliphatic heterocycles. The average Bonchev–Trinajstić information content (AvgIpc) is 3.24. The fourth-order valence-corrected chi connectivity index (χ4v) is 6.00. The van der Waals surface area contributed by atoms with Crippen LogP contribution < -0.4 is 33.8 Å². The second kappa shape index (κ2) is 13.5. The highest BCUT2D eigenvalue weighted by atomic mass is 35.5. The molecule has 0 spiro atoms. The van der Waals surface area contributed by atoms with E-state index >= 15 is 0 Å². The zero-order valence-corrected chi connectivity index (χ0v) is 26.4. The minimum absolute atomic E-state index is 0.0704. The lowest BCUT2D eigenvalue weighted by Crippen LogP contribution is -2.40. The van der Waals surface area contributed by atoms with Gasteiger partial charge >= 0.3 is 5.97 Å². The number of carbonyl (C=O) groups is 1. The van der Waals surface area contributed by atoms with Crippen LogP contribution in [0.3, 0.4) is 0 Å². The minimum atomic E-state index is -0.799. The molecule has 2 aromatic carbocycles. The summed E-state index contributed by atoms with van der Waals surface area (Å²) in [5, 5.41) is 0.371. The summed E-state index contributed by atoms with van der Waals surface area (Å²) in [5.41, 5.74) is 1.73. The molecule has 0 fully saturated rings. The van der Waals surface area contributed by atoms with Gasteiger partial charge in [0.25, 0.3) is 5.56 Å². The van der Waals surface area contributed by atoms with E-state index in [1.54, 1.807) is 51.3 Å². The van der Waals surface area contributed by atoms with Crippen LogP contribution in [-0.2, 0) is 9.53 Å². The Labute approximate surface area is 253 Å². The largest absolute Gasteiger partial charge is 0.493 e. The van der Waals surface area contributed by atoms with E-state index < -0.39 is 12.0 Å². The lowest BCUT2D eigenvalue weighted by Gasteiger charge is -2.25. The highest BCUT2D eigenvalue weighted by Gasteiger charge is 2.34. The molecule has 1 atom stereocenters. The van der Waals surface area contributed by atoms with Gasteiger partial charge in [0.05, 0.1) is 59.9 Å². The summed E-state index contributed by atoms with van der Waals surface area (Å²) in [6.07, 6.45) is 1.66. The Kier molecular flexibility index (Phi) is 10.0. The molecule has 2 heterocycles. The third kappa shape index (κ3) is 6.34. The number of hydrogen-bond acceptors (Lipinski definition) is 9. The van der Waals surface area contributed by atoms with Crippen LogP contribution in [0.25, 0.3) is 6.08 Å². The van der Waals surface area contributed by atoms with Gasteiger partial charge in [0.2, 0.25) is 0 Å². The van der Waals surface area contributed by atoms with Gasteiger partial charge in [-0.15, -0.1) is 0 Å². The summed E-state index contributed by atoms with van der Waals surface area (Å²) in [6, 6.07) is 8.08. The molecule has 42 heavy (non-hydrogen) atoms. The van der Waals surface area contributed by atoms with Crippen LogP contribution in [-0.4, -0.2) is 43.6 Å². The monoisotopic (exact) mass is 614 g/mol. The Hall–Kier alpha value is -3.76. The van der Waals surface area contributed by atoms with Crippen molar-refractivity contribution in [3.63, 3.8) is 0 Å². The zero-order valence-electron chi connectivity index (χ0n) is 24.8. The second-order valence-electron chi connectivity index (χ2n) is 9.58. The smallest absolute Gasteiger partial charge is 0.338 e. The van der Waals surface area contributed by atoms with E-state index in [9.17, 15) is 9.59 Å². The predicted molar refractivity (Wildman–Crippen MR) is 163 cm³/mol. The summed E-state index contributed by atoms with van der Waals surface area (Å²) in [7, 11) is 1.55. The van der Waals surface area contributed by atoms with Crippen molar-refractivity contribution in [1.29, 1.82) is 0 Å².